The second-order valence-electron chi connectivity index (χ2n) is 34.5. The first kappa shape index (κ1) is 87.9. The van der Waals surface area contributed by atoms with Crippen molar-refractivity contribution in [3.05, 3.63) is 133 Å². The van der Waals surface area contributed by atoms with Gasteiger partial charge in [0.2, 0.25) is 43.7 Å². The van der Waals surface area contributed by atoms with Crippen LogP contribution < -0.4 is 50.8 Å². The van der Waals surface area contributed by atoms with Crippen molar-refractivity contribution in [2.24, 2.45) is 22.7 Å². The fraction of sp³-hybridized carbons (Fsp3) is 0.517. The number of urea groups is 2. The van der Waals surface area contributed by atoms with Gasteiger partial charge in [-0.05, 0) is 92.9 Å². The minimum Gasteiger partial charge on any atom is -0.497 e. The number of methoxy groups -OCH3 is 2. The highest BCUT2D eigenvalue weighted by atomic mass is 32.2. The van der Waals surface area contributed by atoms with Crippen LogP contribution in [0, 0.1) is 22.7 Å². The second kappa shape index (κ2) is 36.6. The van der Waals surface area contributed by atoms with Crippen LogP contribution >= 0.6 is 0 Å². The number of benzene rings is 4. The van der Waals surface area contributed by atoms with E-state index in [-0.39, 0.29) is 82.3 Å². The lowest BCUT2D eigenvalue weighted by Gasteiger charge is -2.35. The minimum atomic E-state index is -3.55. The van der Waals surface area contributed by atoms with Crippen molar-refractivity contribution in [1.82, 2.24) is 60.3 Å². The maximum absolute atomic E-state index is 14.8. The summed E-state index contributed by atoms with van der Waals surface area (Å²) in [5, 5.41) is 39.3. The van der Waals surface area contributed by atoms with Gasteiger partial charge in [0.1, 0.15) is 70.5 Å². The Hall–Kier alpha value is -10.4. The van der Waals surface area contributed by atoms with Crippen LogP contribution in [0.4, 0.5) is 9.59 Å². The number of carbonyl (C=O) groups is 8. The maximum atomic E-state index is 14.8. The summed E-state index contributed by atoms with van der Waals surface area (Å²) in [6.45, 7) is 11.8. The Bertz CT molecular complexity index is 5060. The van der Waals surface area contributed by atoms with Gasteiger partial charge in [-0.25, -0.2) is 50.3 Å². The van der Waals surface area contributed by atoms with Gasteiger partial charge in [-0.3, -0.25) is 19.2 Å². The largest absolute Gasteiger partial charge is 0.497 e. The molecule has 30 nitrogen and oxygen atoms in total. The number of carboxylic acid groups (broad SMARTS) is 2. The predicted octanol–water partition coefficient (Wildman–Crippen LogP) is 9.57. The molecule has 7 heterocycles. The van der Waals surface area contributed by atoms with Crippen LogP contribution in [0.3, 0.4) is 0 Å². The molecule has 3 saturated heterocycles. The van der Waals surface area contributed by atoms with Crippen molar-refractivity contribution in [2.45, 2.75) is 197 Å². The molecule has 32 heteroatoms. The summed E-state index contributed by atoms with van der Waals surface area (Å²) in [6.07, 6.45) is 14.6. The Morgan fingerprint density at radius 1 is 0.605 bits per heavy atom. The van der Waals surface area contributed by atoms with Crippen LogP contribution in [0.2, 0.25) is 0 Å². The van der Waals surface area contributed by atoms with E-state index in [1.54, 1.807) is 32.4 Å². The van der Waals surface area contributed by atoms with E-state index in [1.807, 2.05) is 157 Å². The molecule has 2 saturated carbocycles. The van der Waals surface area contributed by atoms with Crippen molar-refractivity contribution >= 4 is 89.5 Å². The predicted molar refractivity (Wildman–Crippen MR) is 449 cm³/mol. The third kappa shape index (κ3) is 21.1. The average Bonchev–Trinajstić information content (AvgIpc) is 1.51. The van der Waals surface area contributed by atoms with Crippen LogP contribution in [0.15, 0.2) is 133 Å². The summed E-state index contributed by atoms with van der Waals surface area (Å²) < 4.78 is 76.9. The number of aromatic nitrogens is 2. The Labute approximate surface area is 695 Å². The first-order chi connectivity index (χ1) is 56.5. The number of hydrogen-bond donors (Lipinski definition) is 8. The van der Waals surface area contributed by atoms with Gasteiger partial charge in [0, 0.05) is 110 Å². The molecule has 5 aliphatic heterocycles. The van der Waals surface area contributed by atoms with Gasteiger partial charge in [0.05, 0.1) is 61.7 Å². The number of sulfonamides is 2. The molecular weight excluding hydrogens is 1570 g/mol. The highest BCUT2D eigenvalue weighted by Crippen LogP contribution is 2.48. The van der Waals surface area contributed by atoms with Gasteiger partial charge in [-0.2, -0.15) is 4.31 Å². The van der Waals surface area contributed by atoms with E-state index >= 15 is 0 Å². The molecule has 2 unspecified atom stereocenters. The third-order valence-electron chi connectivity index (χ3n) is 23.8. The van der Waals surface area contributed by atoms with E-state index in [1.165, 1.54) is 25.5 Å². The van der Waals surface area contributed by atoms with Crippen LogP contribution in [0.25, 0.3) is 44.3 Å². The summed E-state index contributed by atoms with van der Waals surface area (Å²) >= 11 is 0. The molecule has 0 radical (unpaired) electrons. The molecule has 13 rings (SSSR count). The van der Waals surface area contributed by atoms with E-state index in [0.717, 1.165) is 43.1 Å². The monoisotopic (exact) mass is 1680 g/mol. The van der Waals surface area contributed by atoms with E-state index in [9.17, 15) is 65.4 Å². The zero-order chi connectivity index (χ0) is 85.5. The first-order valence-electron chi connectivity index (χ1n) is 41.0. The van der Waals surface area contributed by atoms with Crippen molar-refractivity contribution < 1.29 is 84.4 Å². The van der Waals surface area contributed by atoms with Crippen molar-refractivity contribution in [1.29, 1.82) is 0 Å². The van der Waals surface area contributed by atoms with Crippen molar-refractivity contribution in [2.75, 3.05) is 66.0 Å². The zero-order valence-electron chi connectivity index (χ0n) is 69.3. The maximum Gasteiger partial charge on any atom is 0.330 e. The van der Waals surface area contributed by atoms with Crippen LogP contribution in [-0.2, 0) is 48.8 Å². The number of nitrogens with one attached hydrogen (secondary N) is 6. The molecule has 7 aliphatic rings. The zero-order valence-corrected chi connectivity index (χ0v) is 70.9. The molecule has 2 aliphatic carbocycles. The standard InChI is InChI=1S/C44H56N6O9S.C43H56N6O9S/c1-43(2,3)38(27-49-20-13-21-60(49,56)57)47-42(55)46-33-17-12-7-5-6-11-16-29-25-44(29,41(53)54)48-39(51)36-23-31(26-50(36)40(33)52)59-37-24-34(28-14-9-8-10-15-28)45-35-22-30(58-4)18-19-32(35)37;1-42(2,3)37(26-48(4)59(6,55)56)46-41(54)45-32-18-14-9-7-8-13-17-28-24-43(28,40(52)53)47-38(50)35-22-30(25-49(35)39(32)51)58-36-23-33(27-15-11-10-12-16-27)44-34-21-29(57-5)19-20-31(34)36/h8-11,14-16,18-19,22,24,29,31,33,36,38H,5-7,12-13,17,20-21,23,25-27H2,1-4H3,(H,48,51)(H,53,54)(H2,46,47,55);10-13,15-17,19-21,23,28,30,32,35,37H,7-9,14,18,22,24-26H2,1-6H3,(H,47,50)(H,52,53)(H2,45,46,54)/b16-11-;17-13-/t29?,31-,33+,36+,38-,44-;28?,30-,32+,35+,37-,43-/m11/s1. The number of allylic oxidation sites excluding steroid dienone is 2. The molecule has 5 fully saturated rings. The Kier molecular flexibility index (Phi) is 27.1. The molecule has 4 aromatic carbocycles. The van der Waals surface area contributed by atoms with Gasteiger partial charge in [0.25, 0.3) is 0 Å². The van der Waals surface area contributed by atoms with Crippen LogP contribution in [-0.4, -0.2) is 229 Å². The molecular formula is C87H112N12O18S2. The number of amides is 8. The summed E-state index contributed by atoms with van der Waals surface area (Å²) in [4.78, 5) is 124. The molecule has 640 valence electrons. The number of ether oxygens (including phenoxy) is 4. The third-order valence-corrected chi connectivity index (χ3v) is 27.0. The summed E-state index contributed by atoms with van der Waals surface area (Å²) in [6, 6.07) is 27.0. The number of carbonyl (C=O) groups excluding carboxylic acids is 6. The smallest absolute Gasteiger partial charge is 0.330 e. The summed E-state index contributed by atoms with van der Waals surface area (Å²) in [5.74, 6) is -3.06. The number of hydrogen-bond acceptors (Lipinski definition) is 18. The second-order valence-corrected chi connectivity index (χ2v) is 38.7. The van der Waals surface area contributed by atoms with E-state index in [4.69, 9.17) is 28.9 Å². The Morgan fingerprint density at radius 3 is 1.42 bits per heavy atom. The number of aliphatic carboxylic acids is 2. The molecule has 8 N–H and O–H groups in total. The van der Waals surface area contributed by atoms with Crippen LogP contribution in [0.1, 0.15) is 138 Å². The lowest BCUT2D eigenvalue weighted by molar-refractivity contribution is -0.146. The van der Waals surface area contributed by atoms with Gasteiger partial charge < -0.3 is 70.9 Å². The molecule has 0 bridgehead atoms. The number of carboxylic acids is 2. The molecule has 119 heavy (non-hydrogen) atoms. The molecule has 2 aromatic heterocycles. The van der Waals surface area contributed by atoms with E-state index in [2.05, 4.69) is 31.9 Å². The first-order valence-corrected chi connectivity index (χ1v) is 44.4. The molecule has 8 amide bonds. The topological polar surface area (TPSA) is 393 Å². The van der Waals surface area contributed by atoms with Gasteiger partial charge >= 0.3 is 24.0 Å². The van der Waals surface area contributed by atoms with Crippen molar-refractivity contribution in [3.8, 4) is 45.5 Å². The molecule has 6 aromatic rings. The number of likely N-dealkylation sites (N-methyl/N-ethyl adjacent to an activating group) is 1. The lowest BCUT2D eigenvalue weighted by atomic mass is 9.86. The Balaban J connectivity index is 0.000000219. The number of pyridine rings is 2. The lowest BCUT2D eigenvalue weighted by Crippen LogP contribution is -2.59. The molecule has 12 atom stereocenters. The number of rotatable bonds is 19. The SMILES string of the molecule is COc1ccc2c(O[C@@H]3C[C@H]4C(=O)N[C@]5(C(=O)O)CC5/C=C\CCCCC[C@H](NC(=O)N[C@H](CN(C)S(C)(=O)=O)C(C)(C)C)C(=O)N4C3)cc(-c3ccccc3)nc2c1.COc1ccc2c(O[C@@H]3C[C@H]4C(=O)N[C@]5(C(=O)O)CC5/C=C\CCCCC[C@H](NC(=O)N[C@H](CN5CCCS5(=O)=O)C(C)(C)C)C(=O)N4C3)cc(-c3ccccc3)nc2c1. The number of fused-ring (bicyclic) bond motifs is 6. The van der Waals surface area contributed by atoms with Crippen molar-refractivity contribution in [3.63, 3.8) is 0 Å². The molecule has 0 spiro atoms. The van der Waals surface area contributed by atoms with Gasteiger partial charge in [0.15, 0.2) is 0 Å². The van der Waals surface area contributed by atoms with Gasteiger partial charge in [-0.15, -0.1) is 0 Å². The average molecular weight is 1680 g/mol. The van der Waals surface area contributed by atoms with Gasteiger partial charge in [-0.1, -0.05) is 152 Å². The minimum absolute atomic E-state index is 0.00402. The summed E-state index contributed by atoms with van der Waals surface area (Å²) in [7, 11) is -2.39. The summed E-state index contributed by atoms with van der Waals surface area (Å²) in [5.41, 5.74) is 0.172. The highest BCUT2D eigenvalue weighted by molar-refractivity contribution is 7.89. The van der Waals surface area contributed by atoms with E-state index in [0.29, 0.717) is 94.8 Å². The fourth-order valence-electron chi connectivity index (χ4n) is 16.2. The number of nitrogens with zero attached hydrogens (tertiary/aromatic N) is 6. The normalized spacial score (nSPS) is 26.1. The highest BCUT2D eigenvalue weighted by Gasteiger charge is 2.63. The quantitative estimate of drug-likeness (QED) is 0.0350. The fourth-order valence-corrected chi connectivity index (χ4v) is 18.2. The van der Waals surface area contributed by atoms with Crippen LogP contribution in [0.5, 0.6) is 23.0 Å². The Morgan fingerprint density at radius 2 is 1.03 bits per heavy atom. The van der Waals surface area contributed by atoms with E-state index < -0.39 is 138 Å².